The fourth-order valence-corrected chi connectivity index (χ4v) is 3.59. The highest BCUT2D eigenvalue weighted by Crippen LogP contribution is 2.20. The van der Waals surface area contributed by atoms with E-state index in [1.54, 1.807) is 0 Å². The van der Waals surface area contributed by atoms with E-state index in [0.29, 0.717) is 12.3 Å². The predicted octanol–water partition coefficient (Wildman–Crippen LogP) is 2.97. The lowest BCUT2D eigenvalue weighted by Gasteiger charge is -2.34. The molecule has 0 atom stereocenters. The van der Waals surface area contributed by atoms with Crippen LogP contribution in [0.25, 0.3) is 0 Å². The van der Waals surface area contributed by atoms with Crippen molar-refractivity contribution < 1.29 is 4.79 Å². The fraction of sp³-hybridized carbons (Fsp3) is 0.500. The Hall–Kier alpha value is -1.95. The van der Waals surface area contributed by atoms with E-state index in [2.05, 4.69) is 33.3 Å². The normalized spacial score (nSPS) is 14.9. The zero-order valence-corrected chi connectivity index (χ0v) is 15.0. The van der Waals surface area contributed by atoms with Crippen molar-refractivity contribution >= 4 is 22.6 Å². The van der Waals surface area contributed by atoms with Gasteiger partial charge < -0.3 is 9.80 Å². The zero-order valence-electron chi connectivity index (χ0n) is 14.1. The van der Waals surface area contributed by atoms with Crippen molar-refractivity contribution in [2.45, 2.75) is 32.6 Å². The number of anilines is 1. The number of carbonyl (C=O) groups excluding carboxylic acids is 1. The van der Waals surface area contributed by atoms with Gasteiger partial charge >= 0.3 is 0 Å². The second-order valence-electron chi connectivity index (χ2n) is 6.13. The van der Waals surface area contributed by atoms with Crippen LogP contribution in [0.15, 0.2) is 30.3 Å². The lowest BCUT2D eigenvalue weighted by molar-refractivity contribution is -0.131. The Morgan fingerprint density at radius 3 is 2.62 bits per heavy atom. The largest absolute Gasteiger partial charge is 0.343 e. The Morgan fingerprint density at radius 2 is 1.92 bits per heavy atom. The van der Waals surface area contributed by atoms with Crippen LogP contribution < -0.4 is 4.90 Å². The lowest BCUT2D eigenvalue weighted by Crippen LogP contribution is -2.48. The highest BCUT2D eigenvalue weighted by atomic mass is 32.1. The van der Waals surface area contributed by atoms with Gasteiger partial charge in [-0.15, -0.1) is 0 Å². The van der Waals surface area contributed by atoms with Gasteiger partial charge in [0.2, 0.25) is 11.0 Å². The van der Waals surface area contributed by atoms with Crippen LogP contribution in [0.4, 0.5) is 5.13 Å². The minimum Gasteiger partial charge on any atom is -0.343 e. The van der Waals surface area contributed by atoms with Crippen LogP contribution >= 0.6 is 11.5 Å². The molecule has 1 aliphatic rings. The standard InChI is InChI=1S/C18H24N4OS/c1-2-3-9-17(23)21-10-12-22(13-11-21)18-19-16(20-24-18)14-15-7-5-4-6-8-15/h4-8H,2-3,9-14H2,1H3. The molecule has 0 N–H and O–H groups in total. The maximum Gasteiger partial charge on any atom is 0.222 e. The first kappa shape index (κ1) is 16.9. The molecule has 128 valence electrons. The van der Waals surface area contributed by atoms with E-state index in [1.165, 1.54) is 17.1 Å². The molecule has 0 aliphatic carbocycles. The molecule has 5 nitrogen and oxygen atoms in total. The number of carbonyl (C=O) groups is 1. The van der Waals surface area contributed by atoms with Crippen molar-refractivity contribution in [1.82, 2.24) is 14.3 Å². The van der Waals surface area contributed by atoms with Crippen LogP contribution in [0.5, 0.6) is 0 Å². The van der Waals surface area contributed by atoms with Gasteiger partial charge in [0.25, 0.3) is 0 Å². The molecule has 1 aromatic carbocycles. The minimum atomic E-state index is 0.290. The zero-order chi connectivity index (χ0) is 16.8. The van der Waals surface area contributed by atoms with Crippen molar-refractivity contribution in [3.05, 3.63) is 41.7 Å². The number of piperazine rings is 1. The molecule has 0 unspecified atom stereocenters. The quantitative estimate of drug-likeness (QED) is 0.808. The molecule has 1 aliphatic heterocycles. The van der Waals surface area contributed by atoms with Crippen LogP contribution in [0.1, 0.15) is 37.6 Å². The number of aromatic nitrogens is 2. The molecule has 0 radical (unpaired) electrons. The van der Waals surface area contributed by atoms with E-state index >= 15 is 0 Å². The molecule has 6 heteroatoms. The average Bonchev–Trinajstić information content (AvgIpc) is 3.09. The first-order valence-electron chi connectivity index (χ1n) is 8.65. The summed E-state index contributed by atoms with van der Waals surface area (Å²) >= 11 is 1.46. The Bertz CT molecular complexity index is 650. The Kier molecular flexibility index (Phi) is 5.80. The number of unbranched alkanes of at least 4 members (excludes halogenated alkanes) is 1. The summed E-state index contributed by atoms with van der Waals surface area (Å²) in [5, 5.41) is 0.974. The van der Waals surface area contributed by atoms with Crippen LogP contribution in [0, 0.1) is 0 Å². The first-order chi connectivity index (χ1) is 11.8. The summed E-state index contributed by atoms with van der Waals surface area (Å²) in [5.74, 6) is 1.17. The average molecular weight is 344 g/mol. The van der Waals surface area contributed by atoms with Crippen molar-refractivity contribution in [3.8, 4) is 0 Å². The maximum atomic E-state index is 12.1. The molecule has 1 saturated heterocycles. The number of hydrogen-bond acceptors (Lipinski definition) is 5. The van der Waals surface area contributed by atoms with Gasteiger partial charge in [-0.1, -0.05) is 43.7 Å². The SMILES string of the molecule is CCCCC(=O)N1CCN(c2nc(Cc3ccccc3)ns2)CC1. The van der Waals surface area contributed by atoms with Crippen LogP contribution in [0.2, 0.25) is 0 Å². The molecule has 24 heavy (non-hydrogen) atoms. The van der Waals surface area contributed by atoms with E-state index in [1.807, 2.05) is 23.1 Å². The third-order valence-electron chi connectivity index (χ3n) is 4.31. The van der Waals surface area contributed by atoms with Crippen molar-refractivity contribution in [2.24, 2.45) is 0 Å². The molecule has 1 aromatic heterocycles. The van der Waals surface area contributed by atoms with E-state index in [-0.39, 0.29) is 0 Å². The molecule has 0 bridgehead atoms. The molecule has 1 amide bonds. The molecule has 2 heterocycles. The highest BCUT2D eigenvalue weighted by molar-refractivity contribution is 7.09. The number of amides is 1. The molecular formula is C18H24N4OS. The second kappa shape index (κ2) is 8.24. The van der Waals surface area contributed by atoms with Gasteiger partial charge in [0.1, 0.15) is 5.82 Å². The summed E-state index contributed by atoms with van der Waals surface area (Å²) in [4.78, 5) is 21.0. The van der Waals surface area contributed by atoms with E-state index in [9.17, 15) is 4.79 Å². The van der Waals surface area contributed by atoms with Gasteiger partial charge in [-0.25, -0.2) is 4.98 Å². The number of nitrogens with zero attached hydrogens (tertiary/aromatic N) is 4. The Morgan fingerprint density at radius 1 is 1.17 bits per heavy atom. The van der Waals surface area contributed by atoms with Crippen molar-refractivity contribution in [2.75, 3.05) is 31.1 Å². The van der Waals surface area contributed by atoms with Crippen LogP contribution in [0.3, 0.4) is 0 Å². The summed E-state index contributed by atoms with van der Waals surface area (Å²) in [5.41, 5.74) is 1.23. The van der Waals surface area contributed by atoms with Gasteiger partial charge in [0.05, 0.1) is 0 Å². The molecule has 1 fully saturated rings. The number of benzene rings is 1. The molecule has 2 aromatic rings. The summed E-state index contributed by atoms with van der Waals surface area (Å²) < 4.78 is 4.49. The van der Waals surface area contributed by atoms with Crippen molar-refractivity contribution in [1.29, 1.82) is 0 Å². The van der Waals surface area contributed by atoms with E-state index in [4.69, 9.17) is 0 Å². The van der Waals surface area contributed by atoms with Gasteiger partial charge in [-0.2, -0.15) is 4.37 Å². The van der Waals surface area contributed by atoms with Crippen LogP contribution in [-0.2, 0) is 11.2 Å². The van der Waals surface area contributed by atoms with E-state index in [0.717, 1.165) is 56.4 Å². The fourth-order valence-electron chi connectivity index (χ4n) is 2.86. The second-order valence-corrected chi connectivity index (χ2v) is 6.86. The number of hydrogen-bond donors (Lipinski definition) is 0. The molecule has 0 saturated carbocycles. The first-order valence-corrected chi connectivity index (χ1v) is 9.43. The maximum absolute atomic E-state index is 12.1. The topological polar surface area (TPSA) is 49.3 Å². The monoisotopic (exact) mass is 344 g/mol. The third kappa shape index (κ3) is 4.32. The molecule has 0 spiro atoms. The summed E-state index contributed by atoms with van der Waals surface area (Å²) in [6, 6.07) is 10.3. The van der Waals surface area contributed by atoms with Crippen LogP contribution in [-0.4, -0.2) is 46.3 Å². The summed E-state index contributed by atoms with van der Waals surface area (Å²) in [6.07, 6.45) is 3.50. The minimum absolute atomic E-state index is 0.290. The van der Waals surface area contributed by atoms with Gasteiger partial charge in [0, 0.05) is 50.6 Å². The predicted molar refractivity (Wildman–Crippen MR) is 97.5 cm³/mol. The van der Waals surface area contributed by atoms with E-state index < -0.39 is 0 Å². The van der Waals surface area contributed by atoms with Crippen molar-refractivity contribution in [3.63, 3.8) is 0 Å². The summed E-state index contributed by atoms with van der Waals surface area (Å²) in [6.45, 7) is 5.38. The van der Waals surface area contributed by atoms with Gasteiger partial charge in [-0.3, -0.25) is 4.79 Å². The smallest absolute Gasteiger partial charge is 0.222 e. The molecule has 3 rings (SSSR count). The molecular weight excluding hydrogens is 320 g/mol. The Balaban J connectivity index is 1.53. The highest BCUT2D eigenvalue weighted by Gasteiger charge is 2.22. The van der Waals surface area contributed by atoms with Gasteiger partial charge in [-0.05, 0) is 12.0 Å². The lowest BCUT2D eigenvalue weighted by atomic mass is 10.1. The third-order valence-corrected chi connectivity index (χ3v) is 5.12. The van der Waals surface area contributed by atoms with Gasteiger partial charge in [0.15, 0.2) is 0 Å². The number of rotatable bonds is 6. The summed E-state index contributed by atoms with van der Waals surface area (Å²) in [7, 11) is 0. The Labute approximate surface area is 147 Å².